The Hall–Kier alpha value is -2.59. The zero-order chi connectivity index (χ0) is 23.1. The molecule has 3 aromatic carbocycles. The van der Waals surface area contributed by atoms with E-state index in [0.717, 1.165) is 20.4 Å². The molecule has 0 saturated heterocycles. The summed E-state index contributed by atoms with van der Waals surface area (Å²) < 4.78 is 32.7. The fourth-order valence-electron chi connectivity index (χ4n) is 3.08. The summed E-state index contributed by atoms with van der Waals surface area (Å²) in [5.74, 6) is 0.595. The van der Waals surface area contributed by atoms with Gasteiger partial charge in [-0.05, 0) is 83.1 Å². The van der Waals surface area contributed by atoms with Gasteiger partial charge in [-0.1, -0.05) is 30.3 Å². The third-order valence-electron chi connectivity index (χ3n) is 4.80. The van der Waals surface area contributed by atoms with Gasteiger partial charge < -0.3 is 10.1 Å². The zero-order valence-corrected chi connectivity index (χ0v) is 20.9. The van der Waals surface area contributed by atoms with Crippen molar-refractivity contribution in [2.75, 3.05) is 23.7 Å². The summed E-state index contributed by atoms with van der Waals surface area (Å²) in [6, 6.07) is 21.9. The lowest BCUT2D eigenvalue weighted by Gasteiger charge is -2.22. The Balaban J connectivity index is 1.58. The largest absolute Gasteiger partial charge is 0.491 e. The Morgan fingerprint density at radius 2 is 1.66 bits per heavy atom. The molecule has 3 aromatic rings. The molecule has 8 heteroatoms. The molecule has 0 fully saturated rings. The van der Waals surface area contributed by atoms with Gasteiger partial charge in [0.15, 0.2) is 0 Å². The highest BCUT2D eigenvalue weighted by atomic mass is 127. The highest BCUT2D eigenvalue weighted by molar-refractivity contribution is 14.1. The van der Waals surface area contributed by atoms with Crippen molar-refractivity contribution in [1.82, 2.24) is 5.32 Å². The first kappa shape index (κ1) is 24.1. The Morgan fingerprint density at radius 1 is 1.00 bits per heavy atom. The number of para-hydroxylation sites is 1. The second kappa shape index (κ2) is 10.8. The number of anilines is 1. The van der Waals surface area contributed by atoms with Gasteiger partial charge in [-0.15, -0.1) is 0 Å². The average Bonchev–Trinajstić information content (AvgIpc) is 2.76. The van der Waals surface area contributed by atoms with E-state index < -0.39 is 10.0 Å². The fraction of sp³-hybridized carbons (Fsp3) is 0.208. The summed E-state index contributed by atoms with van der Waals surface area (Å²) in [6.07, 6.45) is 1.19. The van der Waals surface area contributed by atoms with E-state index in [1.807, 2.05) is 43.3 Å². The predicted octanol–water partition coefficient (Wildman–Crippen LogP) is 4.37. The number of rotatable bonds is 9. The Labute approximate surface area is 202 Å². The van der Waals surface area contributed by atoms with Crippen LogP contribution >= 0.6 is 22.6 Å². The lowest BCUT2D eigenvalue weighted by Crippen LogP contribution is -2.29. The molecular formula is C24H25IN2O4S. The summed E-state index contributed by atoms with van der Waals surface area (Å²) in [5.41, 5.74) is 2.93. The molecule has 0 unspecified atom stereocenters. The minimum absolute atomic E-state index is 0.186. The molecule has 6 nitrogen and oxygen atoms in total. The van der Waals surface area contributed by atoms with E-state index in [1.165, 1.54) is 10.6 Å². The molecule has 0 aliphatic rings. The summed E-state index contributed by atoms with van der Waals surface area (Å²) in [4.78, 5) is 12.4. The Kier molecular flexibility index (Phi) is 8.14. The SMILES string of the molecule is Cc1ccccc1OCCNC(=O)c1ccc(CN(c2ccc(I)cc2)S(C)(=O)=O)cc1. The topological polar surface area (TPSA) is 75.7 Å². The molecule has 0 aliphatic heterocycles. The number of ether oxygens (including phenoxy) is 1. The molecule has 0 spiro atoms. The van der Waals surface area contributed by atoms with Gasteiger partial charge in [-0.25, -0.2) is 8.42 Å². The lowest BCUT2D eigenvalue weighted by molar-refractivity contribution is 0.0947. The highest BCUT2D eigenvalue weighted by Crippen LogP contribution is 2.22. The molecule has 32 heavy (non-hydrogen) atoms. The molecule has 0 aliphatic carbocycles. The number of hydrogen-bond acceptors (Lipinski definition) is 4. The molecule has 168 valence electrons. The van der Waals surface area contributed by atoms with E-state index in [-0.39, 0.29) is 12.5 Å². The normalized spacial score (nSPS) is 11.1. The van der Waals surface area contributed by atoms with Gasteiger partial charge in [-0.3, -0.25) is 9.10 Å². The second-order valence-electron chi connectivity index (χ2n) is 7.31. The van der Waals surface area contributed by atoms with Crippen LogP contribution in [0.3, 0.4) is 0 Å². The van der Waals surface area contributed by atoms with Crippen molar-refractivity contribution in [2.24, 2.45) is 0 Å². The van der Waals surface area contributed by atoms with Gasteiger partial charge in [0.2, 0.25) is 10.0 Å². The van der Waals surface area contributed by atoms with E-state index >= 15 is 0 Å². The van der Waals surface area contributed by atoms with Crippen molar-refractivity contribution in [3.8, 4) is 5.75 Å². The lowest BCUT2D eigenvalue weighted by atomic mass is 10.1. The van der Waals surface area contributed by atoms with Crippen molar-refractivity contribution in [2.45, 2.75) is 13.5 Å². The van der Waals surface area contributed by atoms with Crippen LogP contribution in [0.25, 0.3) is 0 Å². The molecule has 0 heterocycles. The summed E-state index contributed by atoms with van der Waals surface area (Å²) in [6.45, 7) is 2.90. The van der Waals surface area contributed by atoms with Crippen LogP contribution in [0.1, 0.15) is 21.5 Å². The number of aryl methyl sites for hydroxylation is 1. The number of carbonyl (C=O) groups excluding carboxylic acids is 1. The molecular weight excluding hydrogens is 539 g/mol. The summed E-state index contributed by atoms with van der Waals surface area (Å²) in [5, 5.41) is 2.83. The van der Waals surface area contributed by atoms with E-state index in [9.17, 15) is 13.2 Å². The van der Waals surface area contributed by atoms with Gasteiger partial charge >= 0.3 is 0 Å². The zero-order valence-electron chi connectivity index (χ0n) is 17.9. The molecule has 0 saturated carbocycles. The van der Waals surface area contributed by atoms with Gasteiger partial charge in [0.1, 0.15) is 12.4 Å². The molecule has 0 atom stereocenters. The molecule has 3 rings (SSSR count). The second-order valence-corrected chi connectivity index (χ2v) is 10.5. The molecule has 0 bridgehead atoms. The fourth-order valence-corrected chi connectivity index (χ4v) is 4.33. The number of sulfonamides is 1. The molecule has 1 N–H and O–H groups in total. The highest BCUT2D eigenvalue weighted by Gasteiger charge is 2.18. The smallest absolute Gasteiger partial charge is 0.251 e. The predicted molar refractivity (Wildman–Crippen MR) is 136 cm³/mol. The Bertz CT molecular complexity index is 1160. The van der Waals surface area contributed by atoms with Gasteiger partial charge in [-0.2, -0.15) is 0 Å². The van der Waals surface area contributed by atoms with Crippen LogP contribution in [-0.4, -0.2) is 33.7 Å². The monoisotopic (exact) mass is 564 g/mol. The minimum atomic E-state index is -3.46. The molecule has 0 radical (unpaired) electrons. The number of halogens is 1. The first-order chi connectivity index (χ1) is 15.2. The average molecular weight is 564 g/mol. The number of amides is 1. The number of benzene rings is 3. The van der Waals surface area contributed by atoms with Crippen LogP contribution in [0.4, 0.5) is 5.69 Å². The van der Waals surface area contributed by atoms with Crippen molar-refractivity contribution in [1.29, 1.82) is 0 Å². The molecule has 1 amide bonds. The third kappa shape index (κ3) is 6.70. The van der Waals surface area contributed by atoms with Crippen LogP contribution in [0.2, 0.25) is 0 Å². The van der Waals surface area contributed by atoms with Crippen molar-refractivity contribution >= 4 is 44.2 Å². The number of nitrogens with one attached hydrogen (secondary N) is 1. The maximum Gasteiger partial charge on any atom is 0.251 e. The Morgan fingerprint density at radius 3 is 2.28 bits per heavy atom. The third-order valence-corrected chi connectivity index (χ3v) is 6.66. The van der Waals surface area contributed by atoms with Gasteiger partial charge in [0, 0.05) is 9.13 Å². The minimum Gasteiger partial charge on any atom is -0.491 e. The van der Waals surface area contributed by atoms with Crippen molar-refractivity contribution in [3.63, 3.8) is 0 Å². The standard InChI is InChI=1S/C24H25IN2O4S/c1-18-5-3-4-6-23(18)31-16-15-26-24(28)20-9-7-19(8-10-20)17-27(32(2,29)30)22-13-11-21(25)12-14-22/h3-14H,15-17H2,1-2H3,(H,26,28). The first-order valence-electron chi connectivity index (χ1n) is 10.0. The van der Waals surface area contributed by atoms with E-state index in [2.05, 4.69) is 27.9 Å². The summed E-state index contributed by atoms with van der Waals surface area (Å²) >= 11 is 2.18. The maximum atomic E-state index is 12.4. The first-order valence-corrected chi connectivity index (χ1v) is 13.0. The van der Waals surface area contributed by atoms with E-state index in [0.29, 0.717) is 24.4 Å². The quantitative estimate of drug-likeness (QED) is 0.310. The van der Waals surface area contributed by atoms with Crippen LogP contribution in [-0.2, 0) is 16.6 Å². The molecule has 0 aromatic heterocycles. The van der Waals surface area contributed by atoms with Crippen molar-refractivity contribution in [3.05, 3.63) is 93.1 Å². The summed E-state index contributed by atoms with van der Waals surface area (Å²) in [7, 11) is -3.46. The number of nitrogens with zero attached hydrogens (tertiary/aromatic N) is 1. The van der Waals surface area contributed by atoms with Gasteiger partial charge in [0.05, 0.1) is 25.0 Å². The maximum absolute atomic E-state index is 12.4. The van der Waals surface area contributed by atoms with Crippen LogP contribution in [0.15, 0.2) is 72.8 Å². The van der Waals surface area contributed by atoms with Crippen LogP contribution in [0.5, 0.6) is 5.75 Å². The van der Waals surface area contributed by atoms with Crippen LogP contribution < -0.4 is 14.4 Å². The number of hydrogen-bond donors (Lipinski definition) is 1. The van der Waals surface area contributed by atoms with Crippen LogP contribution in [0, 0.1) is 10.5 Å². The van der Waals surface area contributed by atoms with Gasteiger partial charge in [0.25, 0.3) is 5.91 Å². The van der Waals surface area contributed by atoms with Crippen molar-refractivity contribution < 1.29 is 17.9 Å². The van der Waals surface area contributed by atoms with E-state index in [1.54, 1.807) is 36.4 Å². The van der Waals surface area contributed by atoms with E-state index in [4.69, 9.17) is 4.74 Å². The number of carbonyl (C=O) groups is 1.